The first-order valence-electron chi connectivity index (χ1n) is 7.01. The van der Waals surface area contributed by atoms with Gasteiger partial charge in [0.05, 0.1) is 13.2 Å². The zero-order valence-corrected chi connectivity index (χ0v) is 13.2. The first-order chi connectivity index (χ1) is 10.1. The number of esters is 1. The standard InChI is InChI=1S/C14H22N2O6/c1-14(2,3)22-13(20)16-11-9(15-12(11)19)6-5-8(17)7-10(18)21-4/h9,11H,5-7H2,1-4H3,(H,15,19)(H,16,20). The Morgan fingerprint density at radius 1 is 1.27 bits per heavy atom. The minimum Gasteiger partial charge on any atom is -0.469 e. The summed E-state index contributed by atoms with van der Waals surface area (Å²) >= 11 is 0. The Morgan fingerprint density at radius 2 is 1.91 bits per heavy atom. The molecule has 8 nitrogen and oxygen atoms in total. The molecule has 0 aromatic rings. The fourth-order valence-electron chi connectivity index (χ4n) is 1.92. The van der Waals surface area contributed by atoms with Gasteiger partial charge >= 0.3 is 12.1 Å². The molecular weight excluding hydrogens is 292 g/mol. The van der Waals surface area contributed by atoms with Gasteiger partial charge in [0.25, 0.3) is 0 Å². The van der Waals surface area contributed by atoms with Crippen LogP contribution in [-0.4, -0.2) is 48.5 Å². The lowest BCUT2D eigenvalue weighted by atomic mass is 9.93. The molecule has 1 saturated heterocycles. The van der Waals surface area contributed by atoms with E-state index in [1.54, 1.807) is 20.8 Å². The van der Waals surface area contributed by atoms with Crippen LogP contribution in [0.25, 0.3) is 0 Å². The summed E-state index contributed by atoms with van der Waals surface area (Å²) in [5.41, 5.74) is -0.656. The lowest BCUT2D eigenvalue weighted by Crippen LogP contribution is -2.69. The van der Waals surface area contributed by atoms with Crippen molar-refractivity contribution in [3.05, 3.63) is 0 Å². The van der Waals surface area contributed by atoms with E-state index in [1.807, 2.05) is 0 Å². The molecule has 2 unspecified atom stereocenters. The van der Waals surface area contributed by atoms with E-state index < -0.39 is 23.7 Å². The van der Waals surface area contributed by atoms with Gasteiger partial charge in [-0.05, 0) is 27.2 Å². The topological polar surface area (TPSA) is 111 Å². The molecule has 0 radical (unpaired) electrons. The Hall–Kier alpha value is -2.12. The van der Waals surface area contributed by atoms with Crippen LogP contribution in [0.1, 0.15) is 40.0 Å². The smallest absolute Gasteiger partial charge is 0.408 e. The molecule has 124 valence electrons. The monoisotopic (exact) mass is 314 g/mol. The van der Waals surface area contributed by atoms with Crippen LogP contribution < -0.4 is 10.6 Å². The third kappa shape index (κ3) is 5.71. The highest BCUT2D eigenvalue weighted by molar-refractivity contribution is 5.96. The van der Waals surface area contributed by atoms with E-state index in [-0.39, 0.29) is 30.6 Å². The molecule has 2 N–H and O–H groups in total. The molecule has 0 spiro atoms. The molecule has 1 rings (SSSR count). The number of amides is 2. The van der Waals surface area contributed by atoms with Crippen molar-refractivity contribution in [1.82, 2.24) is 10.6 Å². The molecule has 0 aliphatic carbocycles. The minimum absolute atomic E-state index is 0.118. The second-order valence-electron chi connectivity index (χ2n) is 6.07. The maximum Gasteiger partial charge on any atom is 0.408 e. The van der Waals surface area contributed by atoms with Crippen molar-refractivity contribution in [3.63, 3.8) is 0 Å². The Balaban J connectivity index is 2.39. The molecule has 2 amide bonds. The molecule has 0 bridgehead atoms. The van der Waals surface area contributed by atoms with E-state index in [1.165, 1.54) is 7.11 Å². The number of hydrogen-bond acceptors (Lipinski definition) is 6. The summed E-state index contributed by atoms with van der Waals surface area (Å²) < 4.78 is 9.48. The van der Waals surface area contributed by atoms with Gasteiger partial charge in [0.15, 0.2) is 0 Å². The van der Waals surface area contributed by atoms with Gasteiger partial charge in [0.2, 0.25) is 5.91 Å². The molecule has 0 aromatic carbocycles. The fraction of sp³-hybridized carbons (Fsp3) is 0.714. The van der Waals surface area contributed by atoms with E-state index in [4.69, 9.17) is 4.74 Å². The first-order valence-corrected chi connectivity index (χ1v) is 7.01. The summed E-state index contributed by atoms with van der Waals surface area (Å²) in [6.45, 7) is 5.16. The molecule has 1 heterocycles. The normalized spacial score (nSPS) is 20.5. The zero-order chi connectivity index (χ0) is 16.9. The Labute approximate surface area is 128 Å². The van der Waals surface area contributed by atoms with Gasteiger partial charge in [-0.25, -0.2) is 4.79 Å². The Bertz CT molecular complexity index is 468. The highest BCUT2D eigenvalue weighted by atomic mass is 16.6. The number of nitrogens with one attached hydrogen (secondary N) is 2. The number of ether oxygens (including phenoxy) is 2. The molecule has 0 aromatic heterocycles. The predicted molar refractivity (Wildman–Crippen MR) is 76.0 cm³/mol. The lowest BCUT2D eigenvalue weighted by Gasteiger charge is -2.37. The van der Waals surface area contributed by atoms with Gasteiger partial charge < -0.3 is 20.1 Å². The minimum atomic E-state index is -0.722. The van der Waals surface area contributed by atoms with Crippen molar-refractivity contribution < 1.29 is 28.7 Å². The summed E-state index contributed by atoms with van der Waals surface area (Å²) in [4.78, 5) is 45.6. The van der Waals surface area contributed by atoms with E-state index in [0.29, 0.717) is 6.42 Å². The van der Waals surface area contributed by atoms with E-state index in [0.717, 1.165) is 0 Å². The van der Waals surface area contributed by atoms with E-state index >= 15 is 0 Å². The number of Topliss-reactive ketones (excluding diaryl/α,β-unsaturated/α-hetero) is 1. The molecule has 1 aliphatic heterocycles. The second kappa shape index (κ2) is 7.24. The molecule has 8 heteroatoms. The van der Waals surface area contributed by atoms with E-state index in [2.05, 4.69) is 15.4 Å². The first kappa shape index (κ1) is 17.9. The van der Waals surface area contributed by atoms with Gasteiger partial charge in [0.1, 0.15) is 23.8 Å². The molecule has 2 atom stereocenters. The van der Waals surface area contributed by atoms with Gasteiger partial charge in [-0.15, -0.1) is 0 Å². The van der Waals surface area contributed by atoms with Crippen LogP contribution in [0.15, 0.2) is 0 Å². The van der Waals surface area contributed by atoms with Crippen molar-refractivity contribution in [2.75, 3.05) is 7.11 Å². The van der Waals surface area contributed by atoms with Crippen LogP contribution in [0.3, 0.4) is 0 Å². The van der Waals surface area contributed by atoms with Crippen LogP contribution in [0.5, 0.6) is 0 Å². The van der Waals surface area contributed by atoms with Gasteiger partial charge in [-0.1, -0.05) is 0 Å². The van der Waals surface area contributed by atoms with Crippen LogP contribution in [0, 0.1) is 0 Å². The number of carbonyl (C=O) groups is 4. The summed E-state index contributed by atoms with van der Waals surface area (Å²) in [5.74, 6) is -1.19. The molecule has 1 fully saturated rings. The maximum absolute atomic E-state index is 11.6. The fourth-order valence-corrected chi connectivity index (χ4v) is 1.92. The van der Waals surface area contributed by atoms with Crippen molar-refractivity contribution in [1.29, 1.82) is 0 Å². The summed E-state index contributed by atoms with van der Waals surface area (Å²) in [6, 6.07) is -1.07. The number of carbonyl (C=O) groups excluding carboxylic acids is 4. The van der Waals surface area contributed by atoms with Crippen molar-refractivity contribution in [3.8, 4) is 0 Å². The van der Waals surface area contributed by atoms with Crippen LogP contribution in [0.2, 0.25) is 0 Å². The quantitative estimate of drug-likeness (QED) is 0.414. The van der Waals surface area contributed by atoms with Crippen molar-refractivity contribution in [2.45, 2.75) is 57.7 Å². The predicted octanol–water partition coefficient (Wildman–Crippen LogP) is 0.290. The number of rotatable bonds is 6. The number of hydrogen-bond donors (Lipinski definition) is 2. The summed E-state index contributed by atoms with van der Waals surface area (Å²) in [6.07, 6.45) is -0.520. The van der Waals surface area contributed by atoms with Crippen LogP contribution in [-0.2, 0) is 23.9 Å². The number of ketones is 1. The molecule has 0 saturated carbocycles. The highest BCUT2D eigenvalue weighted by Crippen LogP contribution is 2.15. The number of alkyl carbamates (subject to hydrolysis) is 1. The third-order valence-corrected chi connectivity index (χ3v) is 2.99. The largest absolute Gasteiger partial charge is 0.469 e. The Kier molecular flexibility index (Phi) is 5.90. The third-order valence-electron chi connectivity index (χ3n) is 2.99. The molecular formula is C14H22N2O6. The average molecular weight is 314 g/mol. The van der Waals surface area contributed by atoms with Crippen molar-refractivity contribution in [2.24, 2.45) is 0 Å². The van der Waals surface area contributed by atoms with Gasteiger partial charge in [-0.2, -0.15) is 0 Å². The van der Waals surface area contributed by atoms with Crippen LogP contribution in [0.4, 0.5) is 4.79 Å². The average Bonchev–Trinajstić information content (AvgIpc) is 2.38. The Morgan fingerprint density at radius 3 is 2.41 bits per heavy atom. The zero-order valence-electron chi connectivity index (χ0n) is 13.2. The number of methoxy groups -OCH3 is 1. The van der Waals surface area contributed by atoms with Crippen LogP contribution >= 0.6 is 0 Å². The summed E-state index contributed by atoms with van der Waals surface area (Å²) in [5, 5.41) is 5.08. The lowest BCUT2D eigenvalue weighted by molar-refractivity contribution is -0.143. The van der Waals surface area contributed by atoms with Gasteiger partial charge in [-0.3, -0.25) is 14.4 Å². The van der Waals surface area contributed by atoms with Gasteiger partial charge in [0, 0.05) is 6.42 Å². The summed E-state index contributed by atoms with van der Waals surface area (Å²) in [7, 11) is 1.21. The van der Waals surface area contributed by atoms with Crippen molar-refractivity contribution >= 4 is 23.8 Å². The SMILES string of the molecule is COC(=O)CC(=O)CCC1NC(=O)C1NC(=O)OC(C)(C)C. The highest BCUT2D eigenvalue weighted by Gasteiger charge is 2.41. The molecule has 1 aliphatic rings. The van der Waals surface area contributed by atoms with E-state index in [9.17, 15) is 19.2 Å². The molecule has 22 heavy (non-hydrogen) atoms. The number of β-lactam (4-membered cyclic amide) rings is 1. The maximum atomic E-state index is 11.6. The second-order valence-corrected chi connectivity index (χ2v) is 6.07.